The molecule has 4 N–H and O–H groups in total. The Bertz CT molecular complexity index is 767. The lowest BCUT2D eigenvalue weighted by atomic mass is 10.1. The van der Waals surface area contributed by atoms with Crippen LogP contribution in [-0.2, 0) is 4.79 Å². The van der Waals surface area contributed by atoms with Gasteiger partial charge in [-0.25, -0.2) is 14.3 Å². The molecule has 0 saturated heterocycles. The maximum absolute atomic E-state index is 11.8. The van der Waals surface area contributed by atoms with Gasteiger partial charge in [0.2, 0.25) is 0 Å². The van der Waals surface area contributed by atoms with E-state index in [1.54, 1.807) is 10.9 Å². The number of aromatic nitrogens is 2. The van der Waals surface area contributed by atoms with Gasteiger partial charge in [-0.3, -0.25) is 0 Å². The zero-order valence-corrected chi connectivity index (χ0v) is 13.7. The molecule has 1 unspecified atom stereocenters. The van der Waals surface area contributed by atoms with E-state index in [0.717, 1.165) is 23.7 Å². The fourth-order valence-corrected chi connectivity index (χ4v) is 2.08. The zero-order valence-electron chi connectivity index (χ0n) is 13.7. The summed E-state index contributed by atoms with van der Waals surface area (Å²) >= 11 is 0. The van der Waals surface area contributed by atoms with Crippen molar-refractivity contribution in [3.05, 3.63) is 41.7 Å². The molecule has 8 heteroatoms. The maximum atomic E-state index is 11.8. The fraction of sp³-hybridized carbons (Fsp3) is 0.312. The number of aliphatic hydroxyl groups is 1. The van der Waals surface area contributed by atoms with E-state index in [-0.39, 0.29) is 0 Å². The second-order valence-electron chi connectivity index (χ2n) is 5.85. The number of aryl methyl sites for hydroxylation is 2. The summed E-state index contributed by atoms with van der Waals surface area (Å²) < 4.78 is 1.64. The Kier molecular flexibility index (Phi) is 4.89. The number of amides is 2. The number of carboxylic acids is 1. The largest absolute Gasteiger partial charge is 0.479 e. The summed E-state index contributed by atoms with van der Waals surface area (Å²) in [4.78, 5) is 22.5. The van der Waals surface area contributed by atoms with E-state index in [1.807, 2.05) is 32.0 Å². The van der Waals surface area contributed by atoms with Crippen LogP contribution in [0.1, 0.15) is 18.1 Å². The van der Waals surface area contributed by atoms with Gasteiger partial charge < -0.3 is 20.8 Å². The summed E-state index contributed by atoms with van der Waals surface area (Å²) in [6.07, 6.45) is 3.13. The van der Waals surface area contributed by atoms with E-state index < -0.39 is 24.1 Å². The van der Waals surface area contributed by atoms with Crippen molar-refractivity contribution in [2.45, 2.75) is 26.4 Å². The van der Waals surface area contributed by atoms with E-state index in [4.69, 9.17) is 5.11 Å². The summed E-state index contributed by atoms with van der Waals surface area (Å²) in [6.45, 7) is 4.66. The summed E-state index contributed by atoms with van der Waals surface area (Å²) in [6, 6.07) is 5.31. The highest BCUT2D eigenvalue weighted by atomic mass is 16.4. The summed E-state index contributed by atoms with van der Waals surface area (Å²) in [5, 5.41) is 27.4. The molecule has 0 radical (unpaired) electrons. The van der Waals surface area contributed by atoms with Crippen molar-refractivity contribution in [2.24, 2.45) is 0 Å². The number of rotatable bonds is 5. The van der Waals surface area contributed by atoms with E-state index >= 15 is 0 Å². The maximum Gasteiger partial charge on any atom is 0.337 e. The minimum atomic E-state index is -2.03. The highest BCUT2D eigenvalue weighted by Gasteiger charge is 2.30. The molecule has 1 aromatic carbocycles. The Labute approximate surface area is 139 Å². The van der Waals surface area contributed by atoms with E-state index in [2.05, 4.69) is 15.7 Å². The van der Waals surface area contributed by atoms with Crippen LogP contribution < -0.4 is 10.6 Å². The summed E-state index contributed by atoms with van der Waals surface area (Å²) in [5.74, 6) is -1.41. The van der Waals surface area contributed by atoms with Gasteiger partial charge in [-0.2, -0.15) is 5.10 Å². The van der Waals surface area contributed by atoms with Gasteiger partial charge in [-0.05, 0) is 32.4 Å². The molecule has 0 saturated carbocycles. The number of nitrogens with one attached hydrogen (secondary N) is 2. The monoisotopic (exact) mass is 332 g/mol. The number of hydrogen-bond donors (Lipinski definition) is 4. The van der Waals surface area contributed by atoms with Crippen molar-refractivity contribution >= 4 is 17.7 Å². The molecule has 0 aliphatic carbocycles. The molecule has 0 spiro atoms. The minimum absolute atomic E-state index is 0.417. The van der Waals surface area contributed by atoms with Gasteiger partial charge in [0.05, 0.1) is 30.3 Å². The van der Waals surface area contributed by atoms with Crippen LogP contribution in [-0.4, -0.2) is 44.1 Å². The molecular weight excluding hydrogens is 312 g/mol. The molecule has 1 atom stereocenters. The van der Waals surface area contributed by atoms with Crippen molar-refractivity contribution in [1.29, 1.82) is 0 Å². The molecule has 0 aliphatic rings. The molecule has 1 aromatic heterocycles. The van der Waals surface area contributed by atoms with Gasteiger partial charge in [-0.15, -0.1) is 0 Å². The lowest BCUT2D eigenvalue weighted by molar-refractivity contribution is -0.155. The van der Waals surface area contributed by atoms with Crippen molar-refractivity contribution in [1.82, 2.24) is 15.1 Å². The topological polar surface area (TPSA) is 116 Å². The Balaban J connectivity index is 2.01. The Morgan fingerprint density at radius 1 is 1.33 bits per heavy atom. The Morgan fingerprint density at radius 2 is 2.04 bits per heavy atom. The molecule has 0 bridgehead atoms. The molecule has 8 nitrogen and oxygen atoms in total. The number of carbonyl (C=O) groups excluding carboxylic acids is 1. The molecule has 1 heterocycles. The second kappa shape index (κ2) is 6.71. The first-order valence-electron chi connectivity index (χ1n) is 7.32. The van der Waals surface area contributed by atoms with Crippen molar-refractivity contribution in [2.75, 3.05) is 11.9 Å². The first-order chi connectivity index (χ1) is 11.2. The SMILES string of the molecule is Cc1ccc(-n2cc(NC(=O)NCC(C)(O)C(=O)O)cn2)c(C)c1. The van der Waals surface area contributed by atoms with E-state index in [1.165, 1.54) is 6.20 Å². The van der Waals surface area contributed by atoms with Crippen LogP contribution in [0.2, 0.25) is 0 Å². The smallest absolute Gasteiger partial charge is 0.337 e. The predicted molar refractivity (Wildman–Crippen MR) is 88.3 cm³/mol. The van der Waals surface area contributed by atoms with Gasteiger partial charge in [0.15, 0.2) is 5.60 Å². The van der Waals surface area contributed by atoms with E-state index in [0.29, 0.717) is 5.69 Å². The van der Waals surface area contributed by atoms with Crippen LogP contribution in [0.15, 0.2) is 30.6 Å². The number of aliphatic carboxylic acids is 1. The van der Waals surface area contributed by atoms with Crippen molar-refractivity contribution in [3.63, 3.8) is 0 Å². The molecule has 0 aliphatic heterocycles. The average molecular weight is 332 g/mol. The van der Waals surface area contributed by atoms with Crippen molar-refractivity contribution < 1.29 is 19.8 Å². The molecule has 0 fully saturated rings. The minimum Gasteiger partial charge on any atom is -0.479 e. The normalized spacial score (nSPS) is 13.2. The summed E-state index contributed by atoms with van der Waals surface area (Å²) in [7, 11) is 0. The van der Waals surface area contributed by atoms with Gasteiger partial charge in [0.25, 0.3) is 0 Å². The molecule has 2 amide bonds. The van der Waals surface area contributed by atoms with Gasteiger partial charge in [0.1, 0.15) is 0 Å². The quantitative estimate of drug-likeness (QED) is 0.661. The van der Waals surface area contributed by atoms with Crippen molar-refractivity contribution in [3.8, 4) is 5.69 Å². The van der Waals surface area contributed by atoms with Gasteiger partial charge >= 0.3 is 12.0 Å². The van der Waals surface area contributed by atoms with Crippen LogP contribution in [0.25, 0.3) is 5.69 Å². The molecule has 24 heavy (non-hydrogen) atoms. The number of carboxylic acid groups (broad SMARTS) is 1. The number of carbonyl (C=O) groups is 2. The first kappa shape index (κ1) is 17.5. The van der Waals surface area contributed by atoms with Crippen LogP contribution in [0.5, 0.6) is 0 Å². The standard InChI is InChI=1S/C16H20N4O4/c1-10-4-5-13(11(2)6-10)20-8-12(7-18-20)19-15(23)17-9-16(3,24)14(21)22/h4-8,24H,9H2,1-3H3,(H,21,22)(H2,17,19,23). The number of urea groups is 1. The molecular formula is C16H20N4O4. The predicted octanol–water partition coefficient (Wildman–Crippen LogP) is 1.45. The lowest BCUT2D eigenvalue weighted by Crippen LogP contribution is -2.47. The third-order valence-corrected chi connectivity index (χ3v) is 3.49. The van der Waals surface area contributed by atoms with Gasteiger partial charge in [0, 0.05) is 0 Å². The molecule has 2 aromatic rings. The highest BCUT2D eigenvalue weighted by molar-refractivity contribution is 5.89. The van der Waals surface area contributed by atoms with Crippen LogP contribution in [0.4, 0.5) is 10.5 Å². The summed E-state index contributed by atoms with van der Waals surface area (Å²) in [5.41, 5.74) is 1.50. The van der Waals surface area contributed by atoms with E-state index in [9.17, 15) is 14.7 Å². The third kappa shape index (κ3) is 4.11. The molecule has 128 valence electrons. The first-order valence-corrected chi connectivity index (χ1v) is 7.32. The lowest BCUT2D eigenvalue weighted by Gasteiger charge is -2.18. The van der Waals surface area contributed by atoms with Crippen LogP contribution in [0.3, 0.4) is 0 Å². The number of nitrogens with zero attached hydrogens (tertiary/aromatic N) is 2. The fourth-order valence-electron chi connectivity index (χ4n) is 2.08. The number of benzene rings is 1. The highest BCUT2D eigenvalue weighted by Crippen LogP contribution is 2.17. The zero-order chi connectivity index (χ0) is 17.9. The van der Waals surface area contributed by atoms with Gasteiger partial charge in [-0.1, -0.05) is 17.7 Å². The molecule has 2 rings (SSSR count). The Morgan fingerprint density at radius 3 is 2.67 bits per heavy atom. The van der Waals surface area contributed by atoms with Crippen LogP contribution in [0, 0.1) is 13.8 Å². The number of hydrogen-bond acceptors (Lipinski definition) is 4. The average Bonchev–Trinajstić information content (AvgIpc) is 2.93. The number of anilines is 1. The second-order valence-corrected chi connectivity index (χ2v) is 5.85. The van der Waals surface area contributed by atoms with Crippen LogP contribution >= 0.6 is 0 Å². The third-order valence-electron chi connectivity index (χ3n) is 3.49. The Hall–Kier alpha value is -2.87.